The molecule has 12 heavy (non-hydrogen) atoms. The van der Waals surface area contributed by atoms with Gasteiger partial charge in [-0.25, -0.2) is 0 Å². The molecule has 2 aliphatic heterocycles. The van der Waals surface area contributed by atoms with Crippen LogP contribution in [0.3, 0.4) is 0 Å². The Morgan fingerprint density at radius 2 is 2.42 bits per heavy atom. The van der Waals surface area contributed by atoms with E-state index in [-0.39, 0.29) is 24.9 Å². The Labute approximate surface area is 71.4 Å². The van der Waals surface area contributed by atoms with Gasteiger partial charge in [0.05, 0.1) is 19.3 Å². The minimum Gasteiger partial charge on any atom is -0.393 e. The predicted molar refractivity (Wildman–Crippen MR) is 40.9 cm³/mol. The first-order chi connectivity index (χ1) is 5.73. The van der Waals surface area contributed by atoms with Crippen molar-refractivity contribution in [3.63, 3.8) is 0 Å². The summed E-state index contributed by atoms with van der Waals surface area (Å²) in [6, 6.07) is 0. The number of ether oxygens (including phenoxy) is 3. The molecule has 2 heterocycles. The number of aliphatic hydroxyl groups excluding tert-OH is 1. The van der Waals surface area contributed by atoms with Gasteiger partial charge in [0.15, 0.2) is 0 Å². The van der Waals surface area contributed by atoms with Crippen molar-refractivity contribution in [2.24, 2.45) is 0 Å². The Hall–Kier alpha value is -0.160. The van der Waals surface area contributed by atoms with Crippen molar-refractivity contribution in [1.82, 2.24) is 0 Å². The SMILES string of the molecule is COC1C2OCC1(CO)OC2C. The Morgan fingerprint density at radius 3 is 2.83 bits per heavy atom. The van der Waals surface area contributed by atoms with E-state index >= 15 is 0 Å². The molecule has 4 unspecified atom stereocenters. The minimum absolute atomic E-state index is 0.0119. The topological polar surface area (TPSA) is 47.9 Å². The maximum absolute atomic E-state index is 9.18. The highest BCUT2D eigenvalue weighted by Gasteiger charge is 2.60. The Kier molecular flexibility index (Phi) is 1.88. The molecule has 2 saturated heterocycles. The fourth-order valence-electron chi connectivity index (χ4n) is 2.15. The molecule has 0 aliphatic carbocycles. The molecule has 0 aromatic rings. The molecule has 2 fully saturated rings. The number of rotatable bonds is 2. The van der Waals surface area contributed by atoms with E-state index in [4.69, 9.17) is 14.2 Å². The van der Waals surface area contributed by atoms with Crippen molar-refractivity contribution in [2.45, 2.75) is 30.8 Å². The molecular weight excluding hydrogens is 160 g/mol. The Morgan fingerprint density at radius 1 is 1.67 bits per heavy atom. The first kappa shape index (κ1) is 8.44. The lowest BCUT2D eigenvalue weighted by Crippen LogP contribution is -2.45. The summed E-state index contributed by atoms with van der Waals surface area (Å²) in [4.78, 5) is 0. The van der Waals surface area contributed by atoms with Crippen LogP contribution in [0.5, 0.6) is 0 Å². The molecule has 0 radical (unpaired) electrons. The molecule has 0 aromatic heterocycles. The first-order valence-electron chi connectivity index (χ1n) is 4.16. The number of aliphatic hydroxyl groups is 1. The summed E-state index contributed by atoms with van der Waals surface area (Å²) in [5.41, 5.74) is -0.598. The summed E-state index contributed by atoms with van der Waals surface area (Å²) >= 11 is 0. The van der Waals surface area contributed by atoms with Crippen LogP contribution in [-0.2, 0) is 14.2 Å². The molecule has 0 aromatic carbocycles. The zero-order valence-electron chi connectivity index (χ0n) is 7.32. The Bertz CT molecular complexity index is 184. The third-order valence-corrected chi connectivity index (χ3v) is 2.74. The molecule has 4 nitrogen and oxygen atoms in total. The quantitative estimate of drug-likeness (QED) is 0.616. The van der Waals surface area contributed by atoms with Crippen molar-refractivity contribution in [1.29, 1.82) is 0 Å². The second-order valence-corrected chi connectivity index (χ2v) is 3.48. The maximum atomic E-state index is 9.18. The zero-order valence-corrected chi connectivity index (χ0v) is 7.32. The average Bonchev–Trinajstić information content (AvgIpc) is 2.56. The van der Waals surface area contributed by atoms with Crippen LogP contribution >= 0.6 is 0 Å². The molecule has 2 bridgehead atoms. The van der Waals surface area contributed by atoms with Crippen LogP contribution in [-0.4, -0.2) is 49.3 Å². The molecule has 0 saturated carbocycles. The van der Waals surface area contributed by atoms with E-state index in [0.717, 1.165) is 0 Å². The predicted octanol–water partition coefficient (Wildman–Crippen LogP) is -0.450. The first-order valence-corrected chi connectivity index (χ1v) is 4.16. The van der Waals surface area contributed by atoms with E-state index < -0.39 is 5.60 Å². The van der Waals surface area contributed by atoms with Crippen LogP contribution in [0.1, 0.15) is 6.92 Å². The van der Waals surface area contributed by atoms with E-state index in [0.29, 0.717) is 6.61 Å². The fourth-order valence-corrected chi connectivity index (χ4v) is 2.15. The number of fused-ring (bicyclic) bond motifs is 2. The highest BCUT2D eigenvalue weighted by molar-refractivity contribution is 5.07. The van der Waals surface area contributed by atoms with Gasteiger partial charge in [-0.3, -0.25) is 0 Å². The summed E-state index contributed by atoms with van der Waals surface area (Å²) in [7, 11) is 1.62. The lowest BCUT2D eigenvalue weighted by molar-refractivity contribution is -0.156. The van der Waals surface area contributed by atoms with E-state index in [2.05, 4.69) is 0 Å². The highest BCUT2D eigenvalue weighted by atomic mass is 16.7. The largest absolute Gasteiger partial charge is 0.393 e. The third-order valence-electron chi connectivity index (χ3n) is 2.74. The third kappa shape index (κ3) is 0.864. The monoisotopic (exact) mass is 174 g/mol. The van der Waals surface area contributed by atoms with Gasteiger partial charge in [0.25, 0.3) is 0 Å². The molecule has 70 valence electrons. The molecule has 0 spiro atoms. The van der Waals surface area contributed by atoms with Crippen molar-refractivity contribution in [3.8, 4) is 0 Å². The minimum atomic E-state index is -0.598. The average molecular weight is 174 g/mol. The van der Waals surface area contributed by atoms with Gasteiger partial charge < -0.3 is 19.3 Å². The molecule has 2 rings (SSSR count). The molecule has 2 aliphatic rings. The van der Waals surface area contributed by atoms with E-state index in [1.807, 2.05) is 6.92 Å². The maximum Gasteiger partial charge on any atom is 0.143 e. The van der Waals surface area contributed by atoms with Gasteiger partial charge in [0.2, 0.25) is 0 Å². The van der Waals surface area contributed by atoms with Crippen molar-refractivity contribution in [2.75, 3.05) is 20.3 Å². The van der Waals surface area contributed by atoms with Gasteiger partial charge in [0, 0.05) is 7.11 Å². The molecular formula is C8H14O4. The molecule has 0 amide bonds. The lowest BCUT2D eigenvalue weighted by atomic mass is 10.00. The standard InChI is InChI=1S/C8H14O4/c1-5-6-7(10-2)8(3-9,12-5)4-11-6/h5-7,9H,3-4H2,1-2H3. The fraction of sp³-hybridized carbons (Fsp3) is 1.00. The van der Waals surface area contributed by atoms with Gasteiger partial charge in [-0.1, -0.05) is 0 Å². The van der Waals surface area contributed by atoms with Crippen molar-refractivity contribution in [3.05, 3.63) is 0 Å². The number of methoxy groups -OCH3 is 1. The van der Waals surface area contributed by atoms with Gasteiger partial charge in [0.1, 0.15) is 17.8 Å². The van der Waals surface area contributed by atoms with Crippen molar-refractivity contribution >= 4 is 0 Å². The summed E-state index contributed by atoms with van der Waals surface area (Å²) in [5, 5.41) is 9.18. The summed E-state index contributed by atoms with van der Waals surface area (Å²) in [6.07, 6.45) is -0.101. The second kappa shape index (κ2) is 2.67. The van der Waals surface area contributed by atoms with Crippen molar-refractivity contribution < 1.29 is 19.3 Å². The summed E-state index contributed by atoms with van der Waals surface area (Å²) in [6.45, 7) is 2.34. The normalized spacial score (nSPS) is 51.8. The summed E-state index contributed by atoms with van der Waals surface area (Å²) < 4.78 is 16.3. The van der Waals surface area contributed by atoms with E-state index in [1.165, 1.54) is 0 Å². The van der Waals surface area contributed by atoms with E-state index in [1.54, 1.807) is 7.11 Å². The van der Waals surface area contributed by atoms with Crippen LogP contribution in [0.15, 0.2) is 0 Å². The van der Waals surface area contributed by atoms with Crippen LogP contribution in [0.2, 0.25) is 0 Å². The highest BCUT2D eigenvalue weighted by Crippen LogP contribution is 2.40. The molecule has 4 atom stereocenters. The molecule has 4 heteroatoms. The van der Waals surface area contributed by atoms with Crippen LogP contribution in [0, 0.1) is 0 Å². The van der Waals surface area contributed by atoms with Crippen LogP contribution < -0.4 is 0 Å². The van der Waals surface area contributed by atoms with Gasteiger partial charge in [-0.2, -0.15) is 0 Å². The number of hydrogen-bond acceptors (Lipinski definition) is 4. The van der Waals surface area contributed by atoms with Gasteiger partial charge >= 0.3 is 0 Å². The summed E-state index contributed by atoms with van der Waals surface area (Å²) in [5.74, 6) is 0. The zero-order chi connectivity index (χ0) is 8.77. The number of hydrogen-bond donors (Lipinski definition) is 1. The van der Waals surface area contributed by atoms with Gasteiger partial charge in [-0.15, -0.1) is 0 Å². The second-order valence-electron chi connectivity index (χ2n) is 3.48. The smallest absolute Gasteiger partial charge is 0.143 e. The van der Waals surface area contributed by atoms with Crippen LogP contribution in [0.25, 0.3) is 0 Å². The van der Waals surface area contributed by atoms with Gasteiger partial charge in [-0.05, 0) is 6.92 Å². The molecule has 1 N–H and O–H groups in total. The van der Waals surface area contributed by atoms with E-state index in [9.17, 15) is 5.11 Å². The Balaban J connectivity index is 2.23. The van der Waals surface area contributed by atoms with Crippen LogP contribution in [0.4, 0.5) is 0 Å². The lowest BCUT2D eigenvalue weighted by Gasteiger charge is -2.27.